The first kappa shape index (κ1) is 18.6. The predicted octanol–water partition coefficient (Wildman–Crippen LogP) is 1.40. The molecule has 2 aromatic rings. The molecule has 1 aliphatic carbocycles. The molecule has 1 heterocycles. The van der Waals surface area contributed by atoms with Crippen LogP contribution in [0.1, 0.15) is 40.9 Å². The van der Waals surface area contributed by atoms with Gasteiger partial charge in [-0.2, -0.15) is 4.98 Å². The number of benzene rings is 1. The van der Waals surface area contributed by atoms with Crippen LogP contribution in [0.25, 0.3) is 0 Å². The minimum Gasteiger partial charge on any atom is -0.368 e. The minimum absolute atomic E-state index is 0.0865. The maximum absolute atomic E-state index is 11.7. The molecule has 1 saturated carbocycles. The highest BCUT2D eigenvalue weighted by Crippen LogP contribution is 2.34. The SMILES string of the molecule is Cc1ccc(Nc2nc(N[C@H](CC3CC3)C(N)=O)nnc2C(N)=O)cc1C. The second-order valence-corrected chi connectivity index (χ2v) is 6.90. The van der Waals surface area contributed by atoms with E-state index < -0.39 is 17.9 Å². The summed E-state index contributed by atoms with van der Waals surface area (Å²) in [5.41, 5.74) is 13.7. The van der Waals surface area contributed by atoms with Crippen molar-refractivity contribution in [2.75, 3.05) is 10.6 Å². The first-order valence-corrected chi connectivity index (χ1v) is 8.78. The Morgan fingerprint density at radius 2 is 1.93 bits per heavy atom. The number of carbonyl (C=O) groups is 2. The highest BCUT2D eigenvalue weighted by molar-refractivity contribution is 5.96. The molecule has 0 bridgehead atoms. The van der Waals surface area contributed by atoms with E-state index in [1.54, 1.807) is 0 Å². The van der Waals surface area contributed by atoms with Crippen molar-refractivity contribution in [2.24, 2.45) is 17.4 Å². The summed E-state index contributed by atoms with van der Waals surface area (Å²) < 4.78 is 0. The van der Waals surface area contributed by atoms with E-state index in [1.165, 1.54) is 0 Å². The van der Waals surface area contributed by atoms with Crippen molar-refractivity contribution in [1.29, 1.82) is 0 Å². The Balaban J connectivity index is 1.86. The number of nitrogens with two attached hydrogens (primary N) is 2. The second-order valence-electron chi connectivity index (χ2n) is 6.90. The lowest BCUT2D eigenvalue weighted by Gasteiger charge is -2.16. The Morgan fingerprint density at radius 1 is 1.19 bits per heavy atom. The van der Waals surface area contributed by atoms with Gasteiger partial charge in [-0.25, -0.2) is 0 Å². The lowest BCUT2D eigenvalue weighted by molar-refractivity contribution is -0.119. The molecule has 0 spiro atoms. The van der Waals surface area contributed by atoms with Crippen molar-refractivity contribution in [1.82, 2.24) is 15.2 Å². The van der Waals surface area contributed by atoms with Crippen molar-refractivity contribution in [3.8, 4) is 0 Å². The van der Waals surface area contributed by atoms with Gasteiger partial charge in [0.15, 0.2) is 11.5 Å². The number of nitrogens with zero attached hydrogens (tertiary/aromatic N) is 3. The molecular weight excluding hydrogens is 346 g/mol. The summed E-state index contributed by atoms with van der Waals surface area (Å²) in [5.74, 6) is -0.472. The van der Waals surface area contributed by atoms with Gasteiger partial charge >= 0.3 is 0 Å². The van der Waals surface area contributed by atoms with E-state index in [1.807, 2.05) is 32.0 Å². The fourth-order valence-corrected chi connectivity index (χ4v) is 2.69. The average Bonchev–Trinajstić information content (AvgIpc) is 3.41. The highest BCUT2D eigenvalue weighted by atomic mass is 16.1. The molecule has 9 heteroatoms. The molecular formula is C18H23N7O2. The number of primary amides is 2. The summed E-state index contributed by atoms with van der Waals surface area (Å²) in [5, 5.41) is 13.7. The van der Waals surface area contributed by atoms with Crippen LogP contribution in [0.15, 0.2) is 18.2 Å². The number of hydrogen-bond acceptors (Lipinski definition) is 7. The van der Waals surface area contributed by atoms with Crippen molar-refractivity contribution < 1.29 is 9.59 Å². The molecule has 1 aliphatic rings. The number of anilines is 3. The van der Waals surface area contributed by atoms with Crippen LogP contribution in [0.4, 0.5) is 17.5 Å². The molecule has 0 aliphatic heterocycles. The fourth-order valence-electron chi connectivity index (χ4n) is 2.69. The summed E-state index contributed by atoms with van der Waals surface area (Å²) in [7, 11) is 0. The number of aromatic nitrogens is 3. The smallest absolute Gasteiger partial charge is 0.273 e. The normalized spacial score (nSPS) is 14.4. The third-order valence-corrected chi connectivity index (χ3v) is 4.60. The van der Waals surface area contributed by atoms with Gasteiger partial charge in [-0.1, -0.05) is 18.9 Å². The van der Waals surface area contributed by atoms with Gasteiger partial charge in [-0.15, -0.1) is 10.2 Å². The topological polar surface area (TPSA) is 149 Å². The van der Waals surface area contributed by atoms with E-state index in [0.29, 0.717) is 12.3 Å². The van der Waals surface area contributed by atoms with Crippen molar-refractivity contribution >= 4 is 29.3 Å². The number of aryl methyl sites for hydroxylation is 2. The molecule has 0 saturated heterocycles. The lowest BCUT2D eigenvalue weighted by atomic mass is 10.1. The van der Waals surface area contributed by atoms with Gasteiger partial charge < -0.3 is 22.1 Å². The Hall–Kier alpha value is -3.23. The zero-order valence-corrected chi connectivity index (χ0v) is 15.3. The molecule has 27 heavy (non-hydrogen) atoms. The van der Waals surface area contributed by atoms with Crippen LogP contribution in [0.3, 0.4) is 0 Å². The van der Waals surface area contributed by atoms with Gasteiger partial charge in [0.25, 0.3) is 5.91 Å². The molecule has 1 aromatic heterocycles. The summed E-state index contributed by atoms with van der Waals surface area (Å²) >= 11 is 0. The zero-order chi connectivity index (χ0) is 19.6. The number of carbonyl (C=O) groups excluding carboxylic acids is 2. The number of nitrogens with one attached hydrogen (secondary N) is 2. The first-order chi connectivity index (χ1) is 12.8. The minimum atomic E-state index is -0.752. The largest absolute Gasteiger partial charge is 0.368 e. The summed E-state index contributed by atoms with van der Waals surface area (Å²) in [4.78, 5) is 27.6. The van der Waals surface area contributed by atoms with Crippen LogP contribution in [0.2, 0.25) is 0 Å². The molecule has 0 radical (unpaired) electrons. The molecule has 6 N–H and O–H groups in total. The summed E-state index contributed by atoms with van der Waals surface area (Å²) in [6, 6.07) is 5.15. The van der Waals surface area contributed by atoms with Gasteiger partial charge in [0.1, 0.15) is 6.04 Å². The third kappa shape index (κ3) is 4.69. The maximum Gasteiger partial charge on any atom is 0.273 e. The van der Waals surface area contributed by atoms with Gasteiger partial charge in [0, 0.05) is 5.69 Å². The number of amides is 2. The van der Waals surface area contributed by atoms with Crippen LogP contribution in [-0.2, 0) is 4.79 Å². The molecule has 0 unspecified atom stereocenters. The third-order valence-electron chi connectivity index (χ3n) is 4.60. The van der Waals surface area contributed by atoms with E-state index in [-0.39, 0.29) is 17.5 Å². The van der Waals surface area contributed by atoms with Crippen LogP contribution in [0.5, 0.6) is 0 Å². The Kier molecular flexibility index (Phi) is 5.20. The number of rotatable bonds is 8. The van der Waals surface area contributed by atoms with E-state index in [0.717, 1.165) is 29.7 Å². The molecule has 9 nitrogen and oxygen atoms in total. The Bertz CT molecular complexity index is 880. The van der Waals surface area contributed by atoms with Crippen LogP contribution in [-0.4, -0.2) is 33.0 Å². The van der Waals surface area contributed by atoms with Crippen LogP contribution >= 0.6 is 0 Å². The molecule has 142 valence electrons. The number of hydrogen-bond donors (Lipinski definition) is 4. The van der Waals surface area contributed by atoms with E-state index >= 15 is 0 Å². The zero-order valence-electron chi connectivity index (χ0n) is 15.3. The van der Waals surface area contributed by atoms with Crippen molar-refractivity contribution in [3.05, 3.63) is 35.0 Å². The quantitative estimate of drug-likeness (QED) is 0.549. The van der Waals surface area contributed by atoms with Crippen molar-refractivity contribution in [3.63, 3.8) is 0 Å². The summed E-state index contributed by atoms with van der Waals surface area (Å²) in [6.07, 6.45) is 2.80. The van der Waals surface area contributed by atoms with E-state index in [2.05, 4.69) is 25.8 Å². The molecule has 1 aromatic carbocycles. The Labute approximate surface area is 156 Å². The van der Waals surface area contributed by atoms with E-state index in [4.69, 9.17) is 11.5 Å². The molecule has 3 rings (SSSR count). The van der Waals surface area contributed by atoms with Gasteiger partial charge in [0.05, 0.1) is 0 Å². The monoisotopic (exact) mass is 369 g/mol. The summed E-state index contributed by atoms with van der Waals surface area (Å²) in [6.45, 7) is 3.99. The van der Waals surface area contributed by atoms with Crippen molar-refractivity contribution in [2.45, 2.75) is 39.2 Å². The maximum atomic E-state index is 11.7. The van der Waals surface area contributed by atoms with Gasteiger partial charge in [-0.3, -0.25) is 9.59 Å². The van der Waals surface area contributed by atoms with Crippen LogP contribution < -0.4 is 22.1 Å². The molecule has 2 amide bonds. The molecule has 1 atom stereocenters. The second kappa shape index (κ2) is 7.56. The lowest BCUT2D eigenvalue weighted by Crippen LogP contribution is -2.36. The fraction of sp³-hybridized carbons (Fsp3) is 0.389. The van der Waals surface area contributed by atoms with Gasteiger partial charge in [-0.05, 0) is 49.4 Å². The Morgan fingerprint density at radius 3 is 2.52 bits per heavy atom. The molecule has 1 fully saturated rings. The van der Waals surface area contributed by atoms with Gasteiger partial charge in [0.2, 0.25) is 11.9 Å². The highest BCUT2D eigenvalue weighted by Gasteiger charge is 2.29. The standard InChI is InChI=1S/C18H23N7O2/c1-9-3-6-12(7-10(9)2)21-17-14(16(20)27)24-25-18(23-17)22-13(15(19)26)8-11-4-5-11/h3,6-7,11,13H,4-5,8H2,1-2H3,(H2,19,26)(H2,20,27)(H2,21,22,23,25)/t13-/m1/s1. The van der Waals surface area contributed by atoms with Crippen LogP contribution in [0, 0.1) is 19.8 Å². The van der Waals surface area contributed by atoms with E-state index in [9.17, 15) is 9.59 Å². The average molecular weight is 369 g/mol. The first-order valence-electron chi connectivity index (χ1n) is 8.78. The predicted molar refractivity (Wildman–Crippen MR) is 101 cm³/mol.